The van der Waals surface area contributed by atoms with Crippen molar-refractivity contribution in [3.05, 3.63) is 0 Å². The number of ether oxygens (including phenoxy) is 1. The standard InChI is InChI=1S/C10H20N2O2/c1-8(6-11-3)9(13)12-10(2)4-5-14-7-10/h8,11H,4-7H2,1-3H3,(H,12,13). The maximum Gasteiger partial charge on any atom is 0.224 e. The summed E-state index contributed by atoms with van der Waals surface area (Å²) in [7, 11) is 1.85. The third-order valence-electron chi connectivity index (χ3n) is 2.60. The number of nitrogens with one attached hydrogen (secondary N) is 2. The molecule has 4 nitrogen and oxygen atoms in total. The van der Waals surface area contributed by atoms with Crippen molar-refractivity contribution in [1.29, 1.82) is 0 Å². The van der Waals surface area contributed by atoms with Gasteiger partial charge in [0.2, 0.25) is 5.91 Å². The van der Waals surface area contributed by atoms with Crippen molar-refractivity contribution in [3.8, 4) is 0 Å². The van der Waals surface area contributed by atoms with E-state index < -0.39 is 0 Å². The summed E-state index contributed by atoms with van der Waals surface area (Å²) in [6.45, 7) is 6.04. The number of carbonyl (C=O) groups is 1. The number of hydrogen-bond donors (Lipinski definition) is 2. The Kier molecular flexibility index (Phi) is 3.89. The molecule has 0 aromatic carbocycles. The quantitative estimate of drug-likeness (QED) is 0.678. The summed E-state index contributed by atoms with van der Waals surface area (Å²) in [5.41, 5.74) is -0.154. The van der Waals surface area contributed by atoms with Gasteiger partial charge in [-0.15, -0.1) is 0 Å². The topological polar surface area (TPSA) is 50.4 Å². The lowest BCUT2D eigenvalue weighted by molar-refractivity contribution is -0.126. The molecule has 0 aromatic heterocycles. The van der Waals surface area contributed by atoms with Gasteiger partial charge in [-0.3, -0.25) is 4.79 Å². The Hall–Kier alpha value is -0.610. The molecule has 1 amide bonds. The van der Waals surface area contributed by atoms with E-state index >= 15 is 0 Å². The molecule has 4 heteroatoms. The Labute approximate surface area is 85.4 Å². The van der Waals surface area contributed by atoms with Gasteiger partial charge in [0.1, 0.15) is 0 Å². The van der Waals surface area contributed by atoms with E-state index in [1.807, 2.05) is 20.9 Å². The zero-order valence-corrected chi connectivity index (χ0v) is 9.22. The molecule has 1 saturated heterocycles. The van der Waals surface area contributed by atoms with Crippen molar-refractivity contribution in [2.75, 3.05) is 26.8 Å². The molecule has 2 atom stereocenters. The van der Waals surface area contributed by atoms with Crippen molar-refractivity contribution >= 4 is 5.91 Å². The average Bonchev–Trinajstić information content (AvgIpc) is 2.52. The Balaban J connectivity index is 2.39. The molecule has 0 aromatic rings. The second kappa shape index (κ2) is 4.75. The Morgan fingerprint density at radius 1 is 1.64 bits per heavy atom. The predicted octanol–water partition coefficient (Wildman–Crippen LogP) is 0.137. The number of hydrogen-bond acceptors (Lipinski definition) is 3. The van der Waals surface area contributed by atoms with Crippen LogP contribution in [0.3, 0.4) is 0 Å². The van der Waals surface area contributed by atoms with Gasteiger partial charge in [-0.1, -0.05) is 6.92 Å². The van der Waals surface area contributed by atoms with Crippen LogP contribution in [-0.2, 0) is 9.53 Å². The number of carbonyl (C=O) groups excluding carboxylic acids is 1. The minimum atomic E-state index is -0.154. The molecule has 0 radical (unpaired) electrons. The lowest BCUT2D eigenvalue weighted by atomic mass is 10.0. The molecule has 0 bridgehead atoms. The molecule has 0 saturated carbocycles. The van der Waals surface area contributed by atoms with Crippen LogP contribution < -0.4 is 10.6 Å². The van der Waals surface area contributed by atoms with E-state index in [1.165, 1.54) is 0 Å². The van der Waals surface area contributed by atoms with E-state index in [1.54, 1.807) is 0 Å². The first kappa shape index (κ1) is 11.5. The molecule has 14 heavy (non-hydrogen) atoms. The second-order valence-electron chi connectivity index (χ2n) is 4.31. The van der Waals surface area contributed by atoms with Crippen LogP contribution in [0.2, 0.25) is 0 Å². The van der Waals surface area contributed by atoms with E-state index in [9.17, 15) is 4.79 Å². The Bertz CT molecular complexity index is 200. The van der Waals surface area contributed by atoms with Crippen LogP contribution in [0.4, 0.5) is 0 Å². The number of amides is 1. The molecule has 1 fully saturated rings. The summed E-state index contributed by atoms with van der Waals surface area (Å²) >= 11 is 0. The summed E-state index contributed by atoms with van der Waals surface area (Å²) in [6.07, 6.45) is 0.908. The van der Waals surface area contributed by atoms with Gasteiger partial charge in [0.05, 0.1) is 12.1 Å². The van der Waals surface area contributed by atoms with E-state index in [4.69, 9.17) is 4.74 Å². The number of rotatable bonds is 4. The molecule has 1 aliphatic heterocycles. The molecule has 1 rings (SSSR count). The molecule has 1 heterocycles. The average molecular weight is 200 g/mol. The summed E-state index contributed by atoms with van der Waals surface area (Å²) in [5, 5.41) is 6.03. The third-order valence-corrected chi connectivity index (χ3v) is 2.60. The molecule has 82 valence electrons. The normalized spacial score (nSPS) is 28.8. The van der Waals surface area contributed by atoms with Gasteiger partial charge >= 0.3 is 0 Å². The molecule has 1 aliphatic rings. The van der Waals surface area contributed by atoms with Crippen LogP contribution in [0, 0.1) is 5.92 Å². The molecule has 0 spiro atoms. The van der Waals surface area contributed by atoms with Crippen molar-refractivity contribution in [3.63, 3.8) is 0 Å². The SMILES string of the molecule is CNCC(C)C(=O)NC1(C)CCOC1. The molecule has 2 unspecified atom stereocenters. The fourth-order valence-electron chi connectivity index (χ4n) is 1.59. The van der Waals surface area contributed by atoms with E-state index in [0.29, 0.717) is 13.2 Å². The highest BCUT2D eigenvalue weighted by Crippen LogP contribution is 2.17. The van der Waals surface area contributed by atoms with E-state index in [0.717, 1.165) is 13.0 Å². The highest BCUT2D eigenvalue weighted by atomic mass is 16.5. The minimum absolute atomic E-state index is 0.0115. The highest BCUT2D eigenvalue weighted by molar-refractivity contribution is 5.79. The Morgan fingerprint density at radius 3 is 2.86 bits per heavy atom. The van der Waals surface area contributed by atoms with Gasteiger partial charge in [0.25, 0.3) is 0 Å². The van der Waals surface area contributed by atoms with E-state index in [-0.39, 0.29) is 17.4 Å². The smallest absolute Gasteiger partial charge is 0.224 e. The molecular formula is C10H20N2O2. The lowest BCUT2D eigenvalue weighted by Crippen LogP contribution is -2.49. The van der Waals surface area contributed by atoms with Gasteiger partial charge in [-0.2, -0.15) is 0 Å². The lowest BCUT2D eigenvalue weighted by Gasteiger charge is -2.25. The fraction of sp³-hybridized carbons (Fsp3) is 0.900. The summed E-state index contributed by atoms with van der Waals surface area (Å²) < 4.78 is 5.27. The summed E-state index contributed by atoms with van der Waals surface area (Å²) in [6, 6.07) is 0. The van der Waals surface area contributed by atoms with Crippen molar-refractivity contribution in [1.82, 2.24) is 10.6 Å². The zero-order valence-electron chi connectivity index (χ0n) is 9.22. The molecular weight excluding hydrogens is 180 g/mol. The maximum absolute atomic E-state index is 11.7. The van der Waals surface area contributed by atoms with Crippen LogP contribution in [0.15, 0.2) is 0 Å². The van der Waals surface area contributed by atoms with Gasteiger partial charge in [-0.05, 0) is 20.4 Å². The van der Waals surface area contributed by atoms with Crippen LogP contribution in [0.5, 0.6) is 0 Å². The monoisotopic (exact) mass is 200 g/mol. The predicted molar refractivity (Wildman–Crippen MR) is 55.1 cm³/mol. The van der Waals surface area contributed by atoms with Gasteiger partial charge in [0, 0.05) is 19.1 Å². The molecule has 2 N–H and O–H groups in total. The van der Waals surface area contributed by atoms with Crippen LogP contribution in [0.25, 0.3) is 0 Å². The maximum atomic E-state index is 11.7. The largest absolute Gasteiger partial charge is 0.379 e. The first-order valence-electron chi connectivity index (χ1n) is 5.12. The second-order valence-corrected chi connectivity index (χ2v) is 4.31. The van der Waals surface area contributed by atoms with Crippen molar-refractivity contribution < 1.29 is 9.53 Å². The van der Waals surface area contributed by atoms with Crippen LogP contribution >= 0.6 is 0 Å². The third kappa shape index (κ3) is 2.96. The van der Waals surface area contributed by atoms with Gasteiger partial charge in [-0.25, -0.2) is 0 Å². The first-order chi connectivity index (χ1) is 6.57. The zero-order chi connectivity index (χ0) is 10.6. The molecule has 0 aliphatic carbocycles. The van der Waals surface area contributed by atoms with Crippen molar-refractivity contribution in [2.45, 2.75) is 25.8 Å². The first-order valence-corrected chi connectivity index (χ1v) is 5.12. The summed E-state index contributed by atoms with van der Waals surface area (Å²) in [5.74, 6) is 0.116. The Morgan fingerprint density at radius 2 is 2.36 bits per heavy atom. The summed E-state index contributed by atoms with van der Waals surface area (Å²) in [4.78, 5) is 11.7. The fourth-order valence-corrected chi connectivity index (χ4v) is 1.59. The van der Waals surface area contributed by atoms with Gasteiger partial charge < -0.3 is 15.4 Å². The van der Waals surface area contributed by atoms with Crippen LogP contribution in [0.1, 0.15) is 20.3 Å². The van der Waals surface area contributed by atoms with Gasteiger partial charge in [0.15, 0.2) is 0 Å². The van der Waals surface area contributed by atoms with Crippen LogP contribution in [-0.4, -0.2) is 38.3 Å². The highest BCUT2D eigenvalue weighted by Gasteiger charge is 2.32. The van der Waals surface area contributed by atoms with E-state index in [2.05, 4.69) is 10.6 Å². The van der Waals surface area contributed by atoms with Crippen molar-refractivity contribution in [2.24, 2.45) is 5.92 Å². The minimum Gasteiger partial charge on any atom is -0.379 e.